The quantitative estimate of drug-likeness (QED) is 0.934. The summed E-state index contributed by atoms with van der Waals surface area (Å²) in [6.45, 7) is 2.44. The van der Waals surface area contributed by atoms with E-state index in [9.17, 15) is 9.59 Å². The summed E-state index contributed by atoms with van der Waals surface area (Å²) in [7, 11) is 0. The molecule has 24 heavy (non-hydrogen) atoms. The van der Waals surface area contributed by atoms with Gasteiger partial charge in [-0.05, 0) is 38.3 Å². The lowest BCUT2D eigenvalue weighted by atomic mass is 10.1. The summed E-state index contributed by atoms with van der Waals surface area (Å²) in [6, 6.07) is 7.82. The second-order valence-electron chi connectivity index (χ2n) is 6.47. The van der Waals surface area contributed by atoms with Gasteiger partial charge < -0.3 is 10.2 Å². The molecule has 2 amide bonds. The highest BCUT2D eigenvalue weighted by molar-refractivity contribution is 7.15. The molecule has 124 valence electrons. The Labute approximate surface area is 144 Å². The minimum Gasteiger partial charge on any atom is -0.312 e. The van der Waals surface area contributed by atoms with Gasteiger partial charge in [0, 0.05) is 23.5 Å². The number of aromatic nitrogens is 1. The Balaban J connectivity index is 1.43. The number of carbonyl (C=O) groups excluding carboxylic acids is 2. The van der Waals surface area contributed by atoms with Gasteiger partial charge >= 0.3 is 0 Å². The molecule has 0 saturated carbocycles. The molecule has 2 aliphatic rings. The first-order valence-electron chi connectivity index (χ1n) is 8.26. The van der Waals surface area contributed by atoms with E-state index in [1.54, 1.807) is 16.2 Å². The first kappa shape index (κ1) is 15.3. The van der Waals surface area contributed by atoms with Gasteiger partial charge in [0.25, 0.3) is 0 Å². The van der Waals surface area contributed by atoms with Gasteiger partial charge in [-0.3, -0.25) is 9.59 Å². The molecule has 4 rings (SSSR count). The van der Waals surface area contributed by atoms with Crippen LogP contribution in [0.5, 0.6) is 0 Å². The molecule has 2 heterocycles. The third-order valence-corrected chi connectivity index (χ3v) is 5.74. The van der Waals surface area contributed by atoms with Gasteiger partial charge in [0.05, 0.1) is 11.6 Å². The number of fused-ring (bicyclic) bond motifs is 1. The maximum Gasteiger partial charge on any atom is 0.231 e. The number of hydrogen-bond acceptors (Lipinski definition) is 4. The van der Waals surface area contributed by atoms with E-state index < -0.39 is 0 Å². The maximum absolute atomic E-state index is 12.5. The molecule has 0 spiro atoms. The fourth-order valence-corrected chi connectivity index (χ4v) is 4.36. The summed E-state index contributed by atoms with van der Waals surface area (Å²) in [5, 5.41) is 3.58. The highest BCUT2D eigenvalue weighted by Crippen LogP contribution is 2.31. The minimum atomic E-state index is -0.322. The predicted octanol–water partition coefficient (Wildman–Crippen LogP) is 2.93. The zero-order chi connectivity index (χ0) is 16.7. The summed E-state index contributed by atoms with van der Waals surface area (Å²) >= 11 is 1.57. The van der Waals surface area contributed by atoms with Crippen molar-refractivity contribution in [3.05, 3.63) is 40.4 Å². The summed E-state index contributed by atoms with van der Waals surface area (Å²) in [5.74, 6) is -0.427. The highest BCUT2D eigenvalue weighted by atomic mass is 32.1. The number of nitrogens with one attached hydrogen (secondary N) is 1. The van der Waals surface area contributed by atoms with Crippen molar-refractivity contribution in [2.45, 2.75) is 32.6 Å². The Hall–Kier alpha value is -2.21. The van der Waals surface area contributed by atoms with Crippen molar-refractivity contribution in [1.82, 2.24) is 4.98 Å². The van der Waals surface area contributed by atoms with E-state index in [0.29, 0.717) is 11.7 Å². The van der Waals surface area contributed by atoms with Crippen LogP contribution >= 0.6 is 11.3 Å². The molecule has 1 aromatic carbocycles. The normalized spacial score (nSPS) is 19.6. The van der Waals surface area contributed by atoms with Gasteiger partial charge in [-0.25, -0.2) is 4.98 Å². The molecule has 1 saturated heterocycles. The van der Waals surface area contributed by atoms with Crippen LogP contribution in [0.3, 0.4) is 0 Å². The van der Waals surface area contributed by atoms with E-state index in [-0.39, 0.29) is 24.2 Å². The van der Waals surface area contributed by atoms with Gasteiger partial charge in [-0.1, -0.05) is 17.7 Å². The zero-order valence-electron chi connectivity index (χ0n) is 13.5. The Morgan fingerprint density at radius 3 is 2.83 bits per heavy atom. The fraction of sp³-hybridized carbons (Fsp3) is 0.389. The van der Waals surface area contributed by atoms with E-state index in [1.165, 1.54) is 4.88 Å². The van der Waals surface area contributed by atoms with Crippen LogP contribution < -0.4 is 10.2 Å². The van der Waals surface area contributed by atoms with Crippen LogP contribution in [0.2, 0.25) is 0 Å². The predicted molar refractivity (Wildman–Crippen MR) is 94.4 cm³/mol. The molecular weight excluding hydrogens is 322 g/mol. The number of benzene rings is 1. The Morgan fingerprint density at radius 2 is 2.08 bits per heavy atom. The number of rotatable bonds is 3. The lowest BCUT2D eigenvalue weighted by Crippen LogP contribution is -2.28. The summed E-state index contributed by atoms with van der Waals surface area (Å²) < 4.78 is 0. The number of amides is 2. The molecule has 1 N–H and O–H groups in total. The molecule has 2 aromatic rings. The molecule has 5 nitrogen and oxygen atoms in total. The maximum atomic E-state index is 12.5. The average Bonchev–Trinajstić information content (AvgIpc) is 3.22. The smallest absolute Gasteiger partial charge is 0.231 e. The monoisotopic (exact) mass is 341 g/mol. The SMILES string of the molecule is Cc1ccc(N2CC(C(=O)Nc3nc4c(s3)CCC4)CC2=O)cc1. The Kier molecular flexibility index (Phi) is 3.84. The number of hydrogen-bond donors (Lipinski definition) is 1. The molecule has 1 aliphatic heterocycles. The van der Waals surface area contributed by atoms with Crippen molar-refractivity contribution in [1.29, 1.82) is 0 Å². The third-order valence-electron chi connectivity index (χ3n) is 4.67. The van der Waals surface area contributed by atoms with Gasteiger partial charge in [0.15, 0.2) is 5.13 Å². The van der Waals surface area contributed by atoms with E-state index in [2.05, 4.69) is 10.3 Å². The van der Waals surface area contributed by atoms with Crippen molar-refractivity contribution in [3.63, 3.8) is 0 Å². The topological polar surface area (TPSA) is 62.3 Å². The number of anilines is 2. The largest absolute Gasteiger partial charge is 0.312 e. The number of nitrogens with zero attached hydrogens (tertiary/aromatic N) is 2. The minimum absolute atomic E-state index is 0.000589. The second-order valence-corrected chi connectivity index (χ2v) is 7.56. The molecule has 1 aromatic heterocycles. The zero-order valence-corrected chi connectivity index (χ0v) is 14.4. The van der Waals surface area contributed by atoms with Crippen LogP contribution in [0.15, 0.2) is 24.3 Å². The molecular formula is C18H19N3O2S. The van der Waals surface area contributed by atoms with Crippen molar-refractivity contribution in [2.75, 3.05) is 16.8 Å². The van der Waals surface area contributed by atoms with E-state index >= 15 is 0 Å². The molecule has 1 fully saturated rings. The summed E-state index contributed by atoms with van der Waals surface area (Å²) in [6.07, 6.45) is 3.48. The van der Waals surface area contributed by atoms with Gasteiger partial charge in [0.2, 0.25) is 11.8 Å². The Morgan fingerprint density at radius 1 is 1.29 bits per heavy atom. The number of aryl methyl sites for hydroxylation is 3. The molecule has 0 bridgehead atoms. The van der Waals surface area contributed by atoms with Crippen LogP contribution in [-0.4, -0.2) is 23.3 Å². The van der Waals surface area contributed by atoms with Crippen molar-refractivity contribution < 1.29 is 9.59 Å². The van der Waals surface area contributed by atoms with E-state index in [1.807, 2.05) is 31.2 Å². The van der Waals surface area contributed by atoms with Crippen molar-refractivity contribution in [3.8, 4) is 0 Å². The first-order valence-corrected chi connectivity index (χ1v) is 9.08. The Bertz CT molecular complexity index is 776. The standard InChI is InChI=1S/C18H19N3O2S/c1-11-5-7-13(8-6-11)21-10-12(9-16(21)22)17(23)20-18-19-14-3-2-4-15(14)24-18/h5-8,12H,2-4,9-10H2,1H3,(H,19,20,23). The van der Waals surface area contributed by atoms with Crippen molar-refractivity contribution >= 4 is 34.0 Å². The fourth-order valence-electron chi connectivity index (χ4n) is 3.31. The van der Waals surface area contributed by atoms with Crippen LogP contribution in [0.25, 0.3) is 0 Å². The van der Waals surface area contributed by atoms with Crippen LogP contribution in [0, 0.1) is 12.8 Å². The van der Waals surface area contributed by atoms with Gasteiger partial charge in [-0.2, -0.15) is 0 Å². The first-order chi connectivity index (χ1) is 11.6. The number of carbonyl (C=O) groups is 2. The highest BCUT2D eigenvalue weighted by Gasteiger charge is 2.35. The van der Waals surface area contributed by atoms with Crippen LogP contribution in [0.1, 0.15) is 29.0 Å². The van der Waals surface area contributed by atoms with Crippen LogP contribution in [0.4, 0.5) is 10.8 Å². The average molecular weight is 341 g/mol. The molecule has 1 aliphatic carbocycles. The second kappa shape index (κ2) is 6.02. The van der Waals surface area contributed by atoms with E-state index in [0.717, 1.165) is 36.2 Å². The van der Waals surface area contributed by atoms with Gasteiger partial charge in [-0.15, -0.1) is 11.3 Å². The molecule has 0 radical (unpaired) electrons. The van der Waals surface area contributed by atoms with E-state index in [4.69, 9.17) is 0 Å². The summed E-state index contributed by atoms with van der Waals surface area (Å²) in [5.41, 5.74) is 3.13. The molecule has 1 unspecified atom stereocenters. The lowest BCUT2D eigenvalue weighted by Gasteiger charge is -2.16. The van der Waals surface area contributed by atoms with Crippen molar-refractivity contribution in [2.24, 2.45) is 5.92 Å². The molecule has 6 heteroatoms. The number of thiazole rings is 1. The van der Waals surface area contributed by atoms with Gasteiger partial charge in [0.1, 0.15) is 0 Å². The lowest BCUT2D eigenvalue weighted by molar-refractivity contribution is -0.122. The van der Waals surface area contributed by atoms with Crippen LogP contribution in [-0.2, 0) is 22.4 Å². The summed E-state index contributed by atoms with van der Waals surface area (Å²) in [4.78, 5) is 32.3. The molecule has 1 atom stereocenters. The third kappa shape index (κ3) is 2.82.